The molecule has 0 saturated carbocycles. The average Bonchev–Trinajstić information content (AvgIpc) is 3.08. The van der Waals surface area contributed by atoms with E-state index in [9.17, 15) is 35.2 Å². The van der Waals surface area contributed by atoms with Gasteiger partial charge in [-0.2, -0.15) is 21.6 Å². The van der Waals surface area contributed by atoms with E-state index in [1.54, 1.807) is 30.4 Å². The van der Waals surface area contributed by atoms with E-state index in [1.165, 1.54) is 11.8 Å². The van der Waals surface area contributed by atoms with Crippen LogP contribution >= 0.6 is 11.8 Å². The number of hydrogen-bond donors (Lipinski definition) is 1. The maximum atomic E-state index is 13.7. The van der Waals surface area contributed by atoms with Crippen molar-refractivity contribution in [2.24, 2.45) is 0 Å². The van der Waals surface area contributed by atoms with Gasteiger partial charge in [0.05, 0.1) is 16.5 Å². The number of pyridine rings is 1. The predicted octanol–water partition coefficient (Wildman–Crippen LogP) is 3.87. The Morgan fingerprint density at radius 1 is 1.02 bits per heavy atom. The first-order chi connectivity index (χ1) is 19.9. The summed E-state index contributed by atoms with van der Waals surface area (Å²) in [6, 6.07) is 18.3. The van der Waals surface area contributed by atoms with Crippen molar-refractivity contribution in [3.8, 4) is 5.75 Å². The number of amides is 1. The maximum absolute atomic E-state index is 13.7. The van der Waals surface area contributed by atoms with Crippen LogP contribution in [0.4, 0.5) is 22.0 Å². The molecule has 1 atom stereocenters. The number of carbonyl (C=O) groups is 1. The fourth-order valence-electron chi connectivity index (χ4n) is 4.37. The van der Waals surface area contributed by atoms with E-state index in [4.69, 9.17) is 4.74 Å². The Hall–Kier alpha value is -2.97. The number of halogens is 5. The third-order valence-electron chi connectivity index (χ3n) is 6.40. The predicted molar refractivity (Wildman–Crippen MR) is 151 cm³/mol. The molecule has 43 heavy (non-hydrogen) atoms. The number of nitrogens with one attached hydrogen (secondary N) is 1. The summed E-state index contributed by atoms with van der Waals surface area (Å²) in [5, 5.41) is 0.0761. The molecular formula is C29H22F5N2NaO4S2. The van der Waals surface area contributed by atoms with Gasteiger partial charge in [-0.15, -0.1) is 11.8 Å². The van der Waals surface area contributed by atoms with Gasteiger partial charge in [0.2, 0.25) is 5.91 Å². The number of aromatic nitrogens is 1. The van der Waals surface area contributed by atoms with E-state index in [1.807, 2.05) is 36.4 Å². The van der Waals surface area contributed by atoms with Crippen LogP contribution in [0, 0.1) is 11.6 Å². The van der Waals surface area contributed by atoms with Crippen molar-refractivity contribution in [2.45, 2.75) is 23.8 Å². The normalized spacial score (nSPS) is 14.8. The van der Waals surface area contributed by atoms with Gasteiger partial charge in [0.25, 0.3) is 0 Å². The average molecular weight is 645 g/mol. The first kappa shape index (κ1) is 32.9. The van der Waals surface area contributed by atoms with E-state index in [-0.39, 0.29) is 48.6 Å². The summed E-state index contributed by atoms with van der Waals surface area (Å²) in [6.07, 6.45) is 3.02. The fourth-order valence-corrected chi connectivity index (χ4v) is 6.20. The summed E-state index contributed by atoms with van der Waals surface area (Å²) in [5.74, 6) is -2.62. The number of benzene rings is 3. The van der Waals surface area contributed by atoms with Gasteiger partial charge in [-0.05, 0) is 47.0 Å². The van der Waals surface area contributed by atoms with Crippen LogP contribution in [-0.2, 0) is 21.4 Å². The smallest absolute Gasteiger partial charge is 1.00 e. The Labute approximate surface area is 271 Å². The standard InChI is InChI=1S/C29H21F5N2O4S2.Na.H/c30-23-14-18-7-9-20(35-25(18)15-24(23)31)8-5-17-6-10-26-22(13-17)28(21-4-2-1-3-19(21)16-40-26)41-12-11-27(37)36-42(38,39)29(32,33)34;;/h1-10,13-15,28H,11-12,16H2,(H,36,37);;/q;+1;-1. The van der Waals surface area contributed by atoms with E-state index in [2.05, 4.69) is 4.98 Å². The molecule has 5 rings (SSSR count). The monoisotopic (exact) mass is 644 g/mol. The van der Waals surface area contributed by atoms with Gasteiger partial charge >= 0.3 is 45.1 Å². The van der Waals surface area contributed by atoms with Crippen molar-refractivity contribution in [1.82, 2.24) is 9.71 Å². The number of ether oxygens (including phenoxy) is 1. The van der Waals surface area contributed by atoms with Crippen molar-refractivity contribution >= 4 is 50.7 Å². The van der Waals surface area contributed by atoms with Gasteiger partial charge in [0, 0.05) is 29.2 Å². The van der Waals surface area contributed by atoms with Crippen LogP contribution in [0.1, 0.15) is 41.0 Å². The number of rotatable bonds is 7. The summed E-state index contributed by atoms with van der Waals surface area (Å²) >= 11 is 1.27. The summed E-state index contributed by atoms with van der Waals surface area (Å²) in [4.78, 5) is 16.4. The Morgan fingerprint density at radius 3 is 2.53 bits per heavy atom. The Kier molecular flexibility index (Phi) is 10.2. The third-order valence-corrected chi connectivity index (χ3v) is 8.79. The molecule has 1 N–H and O–H groups in total. The van der Waals surface area contributed by atoms with Gasteiger partial charge < -0.3 is 6.16 Å². The van der Waals surface area contributed by atoms with Crippen molar-refractivity contribution in [2.75, 3.05) is 5.75 Å². The van der Waals surface area contributed by atoms with Crippen LogP contribution in [-0.4, -0.2) is 30.6 Å². The Balaban J connectivity index is 0.00000264. The molecule has 14 heteroatoms. The number of sulfonamides is 1. The molecule has 1 amide bonds. The number of alkyl halides is 3. The zero-order chi connectivity index (χ0) is 30.1. The number of thioether (sulfide) groups is 1. The second-order valence-corrected chi connectivity index (χ2v) is 12.2. The van der Waals surface area contributed by atoms with Crippen LogP contribution in [0.3, 0.4) is 0 Å². The minimum absolute atomic E-state index is 0. The molecule has 0 bridgehead atoms. The molecular weight excluding hydrogens is 622 g/mol. The summed E-state index contributed by atoms with van der Waals surface area (Å²) in [6.45, 7) is 0.276. The van der Waals surface area contributed by atoms with Gasteiger partial charge in [-0.3, -0.25) is 4.79 Å². The number of fused-ring (bicyclic) bond motifs is 3. The number of nitrogens with zero attached hydrogens (tertiary/aromatic N) is 1. The number of carbonyl (C=O) groups excluding carboxylic acids is 1. The van der Waals surface area contributed by atoms with E-state index in [0.29, 0.717) is 22.3 Å². The quantitative estimate of drug-likeness (QED) is 0.243. The summed E-state index contributed by atoms with van der Waals surface area (Å²) in [7, 11) is -5.78. The molecule has 0 fully saturated rings. The second-order valence-electron chi connectivity index (χ2n) is 9.29. The fraction of sp³-hybridized carbons (Fsp3) is 0.172. The third kappa shape index (κ3) is 7.58. The maximum Gasteiger partial charge on any atom is 1.00 e. The van der Waals surface area contributed by atoms with Crippen LogP contribution in [0.25, 0.3) is 23.1 Å². The SMILES string of the molecule is O=C(CCSC1c2ccccc2COc2ccc(C=Cc3ccc4cc(F)c(F)cc4n3)cc21)NS(=O)(=O)C(F)(F)F.[H-].[Na+]. The van der Waals surface area contributed by atoms with Gasteiger partial charge in [0.15, 0.2) is 11.6 Å². The summed E-state index contributed by atoms with van der Waals surface area (Å²) in [5.41, 5.74) is -1.51. The number of hydrogen-bond acceptors (Lipinski definition) is 6. The van der Waals surface area contributed by atoms with Crippen LogP contribution < -0.4 is 39.0 Å². The van der Waals surface area contributed by atoms with Crippen LogP contribution in [0.2, 0.25) is 0 Å². The van der Waals surface area contributed by atoms with Crippen molar-refractivity contribution in [3.05, 3.63) is 106 Å². The van der Waals surface area contributed by atoms with Crippen molar-refractivity contribution in [3.63, 3.8) is 0 Å². The van der Waals surface area contributed by atoms with Crippen molar-refractivity contribution < 1.29 is 70.9 Å². The van der Waals surface area contributed by atoms with Crippen molar-refractivity contribution in [1.29, 1.82) is 0 Å². The first-order valence-electron chi connectivity index (χ1n) is 12.4. The first-order valence-corrected chi connectivity index (χ1v) is 15.0. The minimum Gasteiger partial charge on any atom is -1.00 e. The molecule has 1 aromatic heterocycles. The van der Waals surface area contributed by atoms with E-state index >= 15 is 0 Å². The zero-order valence-corrected chi connectivity index (χ0v) is 26.1. The topological polar surface area (TPSA) is 85.4 Å². The zero-order valence-electron chi connectivity index (χ0n) is 23.5. The Morgan fingerprint density at radius 2 is 1.77 bits per heavy atom. The molecule has 0 spiro atoms. The molecule has 220 valence electrons. The molecule has 1 aliphatic rings. The molecule has 1 aliphatic heterocycles. The molecule has 0 saturated heterocycles. The van der Waals surface area contributed by atoms with Crippen LogP contribution in [0.5, 0.6) is 5.75 Å². The van der Waals surface area contributed by atoms with E-state index < -0.39 is 39.5 Å². The molecule has 3 aromatic carbocycles. The van der Waals surface area contributed by atoms with Gasteiger partial charge in [-0.1, -0.05) is 42.5 Å². The molecule has 0 aliphatic carbocycles. The van der Waals surface area contributed by atoms with Gasteiger partial charge in [0.1, 0.15) is 12.4 Å². The Bertz CT molecular complexity index is 1820. The summed E-state index contributed by atoms with van der Waals surface area (Å²) < 4.78 is 94.7. The molecule has 0 radical (unpaired) electrons. The van der Waals surface area contributed by atoms with Crippen LogP contribution in [0.15, 0.2) is 66.7 Å². The van der Waals surface area contributed by atoms with Gasteiger partial charge in [-0.25, -0.2) is 18.5 Å². The molecule has 4 aromatic rings. The molecule has 6 nitrogen and oxygen atoms in total. The van der Waals surface area contributed by atoms with E-state index in [0.717, 1.165) is 39.1 Å². The minimum atomic E-state index is -5.78. The second kappa shape index (κ2) is 13.3. The molecule has 1 unspecified atom stereocenters. The largest absolute Gasteiger partial charge is 1.00 e. The molecule has 2 heterocycles.